The normalized spacial score (nSPS) is 12.8. The molecule has 0 fully saturated rings. The van der Waals surface area contributed by atoms with Gasteiger partial charge >= 0.3 is 18.8 Å². The van der Waals surface area contributed by atoms with Crippen molar-refractivity contribution in [1.82, 2.24) is 0 Å². The molecular formula is C15H31O6PSi. The van der Waals surface area contributed by atoms with E-state index < -0.39 is 27.1 Å². The summed E-state index contributed by atoms with van der Waals surface area (Å²) in [6, 6.07) is 0. The maximum absolute atomic E-state index is 13.2. The van der Waals surface area contributed by atoms with E-state index in [1.54, 1.807) is 13.8 Å². The summed E-state index contributed by atoms with van der Waals surface area (Å²) < 4.78 is 28.9. The Morgan fingerprint density at radius 3 is 1.35 bits per heavy atom. The number of carbonyl (C=O) groups is 2. The fourth-order valence-corrected chi connectivity index (χ4v) is 12.8. The first kappa shape index (κ1) is 22.3. The summed E-state index contributed by atoms with van der Waals surface area (Å²) in [5.74, 6) is 0. The van der Waals surface area contributed by atoms with Gasteiger partial charge in [-0.2, -0.15) is 0 Å². The first-order valence-corrected chi connectivity index (χ1v) is 11.9. The third-order valence-electron chi connectivity index (χ3n) is 4.01. The molecule has 23 heavy (non-hydrogen) atoms. The number of carbonyl (C=O) groups excluding carboxylic acids is 2. The van der Waals surface area contributed by atoms with E-state index in [1.165, 1.54) is 0 Å². The van der Waals surface area contributed by atoms with E-state index in [0.717, 1.165) is 0 Å². The zero-order valence-corrected chi connectivity index (χ0v) is 17.4. The zero-order chi connectivity index (χ0) is 18.4. The second kappa shape index (κ2) is 8.99. The third-order valence-corrected chi connectivity index (χ3v) is 12.9. The lowest BCUT2D eigenvalue weighted by Gasteiger charge is -2.42. The molecule has 0 aliphatic carbocycles. The van der Waals surface area contributed by atoms with E-state index in [0.29, 0.717) is 0 Å². The summed E-state index contributed by atoms with van der Waals surface area (Å²) in [6.45, 7) is 15.1. The monoisotopic (exact) mass is 366 g/mol. The van der Waals surface area contributed by atoms with Crippen LogP contribution in [0.3, 0.4) is 0 Å². The van der Waals surface area contributed by atoms with Gasteiger partial charge in [-0.25, -0.2) is 9.59 Å². The van der Waals surface area contributed by atoms with Gasteiger partial charge in [-0.05, 0) is 30.5 Å². The molecule has 0 saturated heterocycles. The molecule has 0 amide bonds. The Morgan fingerprint density at radius 2 is 1.13 bits per heavy atom. The lowest BCUT2D eigenvalue weighted by Crippen LogP contribution is -2.48. The summed E-state index contributed by atoms with van der Waals surface area (Å²) >= 11 is 0. The van der Waals surface area contributed by atoms with Gasteiger partial charge in [0.15, 0.2) is 0 Å². The van der Waals surface area contributed by atoms with Crippen molar-refractivity contribution in [2.75, 3.05) is 13.2 Å². The Balaban J connectivity index is 6.05. The second-order valence-electron chi connectivity index (χ2n) is 6.36. The molecule has 0 aliphatic heterocycles. The molecule has 8 heteroatoms. The van der Waals surface area contributed by atoms with Gasteiger partial charge in [0.25, 0.3) is 0 Å². The van der Waals surface area contributed by atoms with E-state index in [-0.39, 0.29) is 29.8 Å². The maximum Gasteiger partial charge on any atom is 0.404 e. The van der Waals surface area contributed by atoms with Gasteiger partial charge in [0, 0.05) is 0 Å². The number of ether oxygens (including phenoxy) is 2. The van der Waals surface area contributed by atoms with E-state index in [9.17, 15) is 14.2 Å². The summed E-state index contributed by atoms with van der Waals surface area (Å²) in [5, 5.41) is 0. The molecule has 0 saturated carbocycles. The minimum Gasteiger partial charge on any atom is -0.458 e. The Bertz CT molecular complexity index is 417. The third kappa shape index (κ3) is 4.67. The largest absolute Gasteiger partial charge is 0.458 e. The van der Waals surface area contributed by atoms with Gasteiger partial charge in [0.1, 0.15) is 0 Å². The van der Waals surface area contributed by atoms with Crippen molar-refractivity contribution in [3.05, 3.63) is 0 Å². The van der Waals surface area contributed by atoms with Crippen LogP contribution in [0.5, 0.6) is 0 Å². The maximum atomic E-state index is 13.2. The minimum atomic E-state index is -4.38. The highest BCUT2D eigenvalue weighted by Crippen LogP contribution is 2.59. The van der Waals surface area contributed by atoms with Crippen molar-refractivity contribution >= 4 is 27.1 Å². The topological polar surface area (TPSA) is 78.9 Å². The molecule has 136 valence electrons. The molecular weight excluding hydrogens is 335 g/mol. The van der Waals surface area contributed by atoms with Crippen LogP contribution < -0.4 is 0 Å². The predicted molar refractivity (Wildman–Crippen MR) is 93.8 cm³/mol. The summed E-state index contributed by atoms with van der Waals surface area (Å²) in [5.41, 5.74) is -2.02. The Hall–Kier alpha value is -0.653. The molecule has 0 N–H and O–H groups in total. The van der Waals surface area contributed by atoms with Crippen molar-refractivity contribution in [1.29, 1.82) is 0 Å². The molecule has 6 nitrogen and oxygen atoms in total. The molecule has 0 aliphatic rings. The van der Waals surface area contributed by atoms with Crippen molar-refractivity contribution in [2.24, 2.45) is 0 Å². The molecule has 0 bridgehead atoms. The van der Waals surface area contributed by atoms with Crippen LogP contribution in [0.25, 0.3) is 0 Å². The van der Waals surface area contributed by atoms with Crippen LogP contribution in [-0.2, 0) is 18.3 Å². The van der Waals surface area contributed by atoms with Crippen LogP contribution in [0.15, 0.2) is 0 Å². The highest BCUT2D eigenvalue weighted by Gasteiger charge is 2.56. The molecule has 0 unspecified atom stereocenters. The molecule has 0 radical (unpaired) electrons. The predicted octanol–water partition coefficient (Wildman–Crippen LogP) is 5.77. The first-order valence-electron chi connectivity index (χ1n) is 8.15. The summed E-state index contributed by atoms with van der Waals surface area (Å²) in [4.78, 5) is 24.5. The SMILES string of the molecule is CCOC(=O)P(=O)(O[Si](C(C)C)(C(C)C)C(C)C)C(=O)OCC. The van der Waals surface area contributed by atoms with Crippen LogP contribution in [0.4, 0.5) is 9.59 Å². The van der Waals surface area contributed by atoms with Crippen LogP contribution in [-0.4, -0.2) is 33.0 Å². The van der Waals surface area contributed by atoms with Crippen molar-refractivity contribution < 1.29 is 27.8 Å². The molecule has 0 aromatic rings. The number of hydrogen-bond donors (Lipinski definition) is 0. The quantitative estimate of drug-likeness (QED) is 0.381. The zero-order valence-electron chi connectivity index (χ0n) is 15.5. The molecule has 0 atom stereocenters. The minimum absolute atomic E-state index is 0.0190. The van der Waals surface area contributed by atoms with Gasteiger partial charge in [0.2, 0.25) is 8.32 Å². The van der Waals surface area contributed by atoms with Gasteiger partial charge in [-0.15, -0.1) is 0 Å². The second-order valence-corrected chi connectivity index (χ2v) is 14.1. The van der Waals surface area contributed by atoms with Crippen LogP contribution in [0, 0.1) is 0 Å². The van der Waals surface area contributed by atoms with Crippen molar-refractivity contribution in [2.45, 2.75) is 72.0 Å². The standard InChI is InChI=1S/C15H31O6PSi/c1-9-19-14(16)22(18,15(17)20-10-2)21-23(11(3)4,12(5)6)13(7)8/h11-13H,9-10H2,1-8H3. The van der Waals surface area contributed by atoms with Gasteiger partial charge in [-0.1, -0.05) is 41.5 Å². The first-order chi connectivity index (χ1) is 10.5. The van der Waals surface area contributed by atoms with E-state index in [4.69, 9.17) is 13.7 Å². The lowest BCUT2D eigenvalue weighted by atomic mass is 10.5. The lowest BCUT2D eigenvalue weighted by molar-refractivity contribution is 0.164. The van der Waals surface area contributed by atoms with Gasteiger partial charge in [0.05, 0.1) is 13.2 Å². The highest BCUT2D eigenvalue weighted by atomic mass is 31.2. The Labute approximate surface area is 140 Å². The molecule has 0 rings (SSSR count). The average molecular weight is 366 g/mol. The van der Waals surface area contributed by atoms with E-state index in [2.05, 4.69) is 0 Å². The van der Waals surface area contributed by atoms with Crippen LogP contribution in [0.2, 0.25) is 16.6 Å². The summed E-state index contributed by atoms with van der Waals surface area (Å²) in [7, 11) is -7.09. The smallest absolute Gasteiger partial charge is 0.404 e. The number of hydrogen-bond acceptors (Lipinski definition) is 6. The van der Waals surface area contributed by atoms with E-state index >= 15 is 0 Å². The van der Waals surface area contributed by atoms with Crippen molar-refractivity contribution in [3.63, 3.8) is 0 Å². The fourth-order valence-electron chi connectivity index (χ4n) is 3.10. The van der Waals surface area contributed by atoms with Crippen LogP contribution >= 0.6 is 7.37 Å². The van der Waals surface area contributed by atoms with Gasteiger partial charge in [-0.3, -0.25) is 4.57 Å². The Kier molecular flexibility index (Phi) is 8.74. The molecule has 0 spiro atoms. The summed E-state index contributed by atoms with van der Waals surface area (Å²) in [6.07, 6.45) is 0. The molecule has 0 heterocycles. The highest BCUT2D eigenvalue weighted by molar-refractivity contribution is 7.90. The number of rotatable bonds is 9. The van der Waals surface area contributed by atoms with E-state index in [1.807, 2.05) is 41.5 Å². The molecule has 0 aromatic carbocycles. The fraction of sp³-hybridized carbons (Fsp3) is 0.867. The van der Waals surface area contributed by atoms with Crippen molar-refractivity contribution in [3.8, 4) is 0 Å². The Morgan fingerprint density at radius 1 is 0.826 bits per heavy atom. The molecule has 0 aromatic heterocycles. The van der Waals surface area contributed by atoms with Gasteiger partial charge < -0.3 is 13.7 Å². The van der Waals surface area contributed by atoms with Crippen LogP contribution in [0.1, 0.15) is 55.4 Å². The average Bonchev–Trinajstić information content (AvgIpc) is 2.43.